The molecule has 0 saturated carbocycles. The molecule has 1 aliphatic rings. The average molecular weight is 577 g/mol. The minimum Gasteiger partial charge on any atom is -0.495 e. The normalized spacial score (nSPS) is 13.8. The van der Waals surface area contributed by atoms with E-state index in [-0.39, 0.29) is 0 Å². The minimum atomic E-state index is -5.08. The van der Waals surface area contributed by atoms with Crippen LogP contribution in [0.2, 0.25) is 0 Å². The van der Waals surface area contributed by atoms with Crippen molar-refractivity contribution in [3.05, 3.63) is 66.7 Å². The summed E-state index contributed by atoms with van der Waals surface area (Å²) in [5, 5.41) is 14.2. The SMILES string of the molecule is COc1ccccc1N1CCN(Cc2cccn2-c2ncccn2)CC1.O=C(O)C(F)(F)F.O=C(O)C(F)(F)F. The zero-order chi connectivity index (χ0) is 29.9. The highest BCUT2D eigenvalue weighted by atomic mass is 19.4. The van der Waals surface area contributed by atoms with Crippen LogP contribution < -0.4 is 9.64 Å². The lowest BCUT2D eigenvalue weighted by atomic mass is 10.2. The van der Waals surface area contributed by atoms with Gasteiger partial charge in [-0.15, -0.1) is 0 Å². The quantitative estimate of drug-likeness (QED) is 0.436. The number of carboxylic acids is 2. The molecule has 0 amide bonds. The van der Waals surface area contributed by atoms with Crippen molar-refractivity contribution in [1.29, 1.82) is 0 Å². The number of ether oxygens (including phenoxy) is 1. The van der Waals surface area contributed by atoms with E-state index in [1.807, 2.05) is 24.4 Å². The van der Waals surface area contributed by atoms with Crippen LogP contribution in [-0.4, -0.2) is 87.2 Å². The first-order chi connectivity index (χ1) is 18.7. The van der Waals surface area contributed by atoms with Crippen LogP contribution in [0.5, 0.6) is 5.75 Å². The Balaban J connectivity index is 0.000000333. The molecule has 0 spiro atoms. The summed E-state index contributed by atoms with van der Waals surface area (Å²) >= 11 is 0. The number of aromatic nitrogens is 3. The van der Waals surface area contributed by atoms with Gasteiger partial charge in [0.05, 0.1) is 12.8 Å². The van der Waals surface area contributed by atoms with Gasteiger partial charge in [-0.3, -0.25) is 9.47 Å². The van der Waals surface area contributed by atoms with Gasteiger partial charge in [0.1, 0.15) is 5.75 Å². The van der Waals surface area contributed by atoms with Gasteiger partial charge in [-0.2, -0.15) is 26.3 Å². The molecular weight excluding hydrogens is 552 g/mol. The fraction of sp³-hybridized carbons (Fsp3) is 0.333. The number of anilines is 1. The van der Waals surface area contributed by atoms with Crippen LogP contribution in [0.4, 0.5) is 32.0 Å². The number of rotatable bonds is 5. The van der Waals surface area contributed by atoms with Gasteiger partial charge in [0.2, 0.25) is 5.95 Å². The first-order valence-electron chi connectivity index (χ1n) is 11.4. The van der Waals surface area contributed by atoms with Gasteiger partial charge in [0, 0.05) is 57.0 Å². The predicted molar refractivity (Wildman–Crippen MR) is 129 cm³/mol. The molecule has 0 bridgehead atoms. The number of methoxy groups -OCH3 is 1. The number of halogens is 6. The van der Waals surface area contributed by atoms with E-state index < -0.39 is 24.3 Å². The van der Waals surface area contributed by atoms with Crippen LogP contribution >= 0.6 is 0 Å². The Bertz CT molecular complexity index is 1200. The van der Waals surface area contributed by atoms with Gasteiger partial charge in [0.15, 0.2) is 0 Å². The van der Waals surface area contributed by atoms with Crippen LogP contribution in [0.25, 0.3) is 5.95 Å². The topological polar surface area (TPSA) is 121 Å². The van der Waals surface area contributed by atoms with E-state index in [9.17, 15) is 26.3 Å². The molecule has 1 fully saturated rings. The summed E-state index contributed by atoms with van der Waals surface area (Å²) in [7, 11) is 1.73. The minimum absolute atomic E-state index is 0.722. The van der Waals surface area contributed by atoms with Crippen LogP contribution in [0.3, 0.4) is 0 Å². The Morgan fingerprint density at radius 1 is 0.850 bits per heavy atom. The molecule has 218 valence electrons. The summed E-state index contributed by atoms with van der Waals surface area (Å²) in [5.74, 6) is -3.85. The smallest absolute Gasteiger partial charge is 0.490 e. The highest BCUT2D eigenvalue weighted by Gasteiger charge is 2.38. The van der Waals surface area contributed by atoms with E-state index in [0.29, 0.717) is 0 Å². The maximum absolute atomic E-state index is 10.6. The van der Waals surface area contributed by atoms with Crippen molar-refractivity contribution in [1.82, 2.24) is 19.4 Å². The van der Waals surface area contributed by atoms with Crippen LogP contribution in [0.15, 0.2) is 61.1 Å². The molecule has 10 nitrogen and oxygen atoms in total. The molecule has 0 aliphatic carbocycles. The second-order valence-electron chi connectivity index (χ2n) is 7.96. The molecule has 1 saturated heterocycles. The van der Waals surface area contributed by atoms with Crippen LogP contribution in [0.1, 0.15) is 5.69 Å². The zero-order valence-corrected chi connectivity index (χ0v) is 20.9. The molecule has 0 atom stereocenters. The Kier molecular flexibility index (Phi) is 11.3. The summed E-state index contributed by atoms with van der Waals surface area (Å²) in [6.07, 6.45) is -4.59. The van der Waals surface area contributed by atoms with E-state index >= 15 is 0 Å². The van der Waals surface area contributed by atoms with Gasteiger partial charge in [-0.25, -0.2) is 19.6 Å². The van der Waals surface area contributed by atoms with Crippen molar-refractivity contribution in [2.24, 2.45) is 0 Å². The van der Waals surface area contributed by atoms with Crippen molar-refractivity contribution in [2.45, 2.75) is 18.9 Å². The Hall–Kier alpha value is -4.34. The second-order valence-corrected chi connectivity index (χ2v) is 7.96. The average Bonchev–Trinajstić information content (AvgIpc) is 3.37. The molecule has 3 aromatic rings. The van der Waals surface area contributed by atoms with Gasteiger partial charge < -0.3 is 19.8 Å². The molecule has 1 aromatic carbocycles. The van der Waals surface area contributed by atoms with Crippen LogP contribution in [-0.2, 0) is 16.1 Å². The third-order valence-electron chi connectivity index (χ3n) is 5.27. The van der Waals surface area contributed by atoms with Crippen molar-refractivity contribution < 1.29 is 50.9 Å². The number of hydrogen-bond acceptors (Lipinski definition) is 7. The van der Waals surface area contributed by atoms with E-state index in [4.69, 9.17) is 24.5 Å². The molecule has 1 aliphatic heterocycles. The van der Waals surface area contributed by atoms with Crippen molar-refractivity contribution in [3.8, 4) is 11.7 Å². The lowest BCUT2D eigenvalue weighted by Gasteiger charge is -2.36. The highest BCUT2D eigenvalue weighted by molar-refractivity contribution is 5.73. The van der Waals surface area contributed by atoms with Crippen molar-refractivity contribution in [3.63, 3.8) is 0 Å². The second kappa shape index (κ2) is 14.2. The lowest BCUT2D eigenvalue weighted by Crippen LogP contribution is -2.46. The number of hydrogen-bond donors (Lipinski definition) is 2. The number of carbonyl (C=O) groups is 2. The van der Waals surface area contributed by atoms with Gasteiger partial charge in [-0.1, -0.05) is 12.1 Å². The summed E-state index contributed by atoms with van der Waals surface area (Å²) in [6, 6.07) is 14.3. The first kappa shape index (κ1) is 31.9. The summed E-state index contributed by atoms with van der Waals surface area (Å²) in [4.78, 5) is 31.4. The maximum Gasteiger partial charge on any atom is 0.490 e. The largest absolute Gasteiger partial charge is 0.495 e. The van der Waals surface area contributed by atoms with Crippen molar-refractivity contribution in [2.75, 3.05) is 38.2 Å². The maximum atomic E-state index is 10.6. The van der Waals surface area contributed by atoms with E-state index in [2.05, 4.69) is 48.6 Å². The third kappa shape index (κ3) is 9.76. The van der Waals surface area contributed by atoms with E-state index in [1.165, 1.54) is 11.4 Å². The van der Waals surface area contributed by atoms with E-state index in [0.717, 1.165) is 44.4 Å². The molecule has 2 N–H and O–H groups in total. The Morgan fingerprint density at radius 2 is 1.38 bits per heavy atom. The fourth-order valence-electron chi connectivity index (χ4n) is 3.42. The first-order valence-corrected chi connectivity index (χ1v) is 11.4. The van der Waals surface area contributed by atoms with Crippen LogP contribution in [0, 0.1) is 0 Å². The lowest BCUT2D eigenvalue weighted by molar-refractivity contribution is -0.193. The van der Waals surface area contributed by atoms with E-state index in [1.54, 1.807) is 19.5 Å². The number of nitrogens with zero attached hydrogens (tertiary/aromatic N) is 5. The molecule has 16 heteroatoms. The van der Waals surface area contributed by atoms with Gasteiger partial charge in [0.25, 0.3) is 0 Å². The molecule has 2 aromatic heterocycles. The summed E-state index contributed by atoms with van der Waals surface area (Å²) in [5.41, 5.74) is 2.39. The fourth-order valence-corrected chi connectivity index (χ4v) is 3.42. The zero-order valence-electron chi connectivity index (χ0n) is 20.9. The molecule has 40 heavy (non-hydrogen) atoms. The van der Waals surface area contributed by atoms with Gasteiger partial charge in [-0.05, 0) is 30.3 Å². The number of para-hydroxylation sites is 2. The molecule has 4 rings (SSSR count). The number of aliphatic carboxylic acids is 2. The number of benzene rings is 1. The summed E-state index contributed by atoms with van der Waals surface area (Å²) < 4.78 is 71.0. The van der Waals surface area contributed by atoms with Crippen molar-refractivity contribution >= 4 is 17.6 Å². The predicted octanol–water partition coefficient (Wildman–Crippen LogP) is 3.86. The molecule has 0 radical (unpaired) electrons. The molecule has 0 unspecified atom stereocenters. The Labute approximate surface area is 224 Å². The number of carboxylic acid groups (broad SMARTS) is 2. The number of piperazine rings is 1. The van der Waals surface area contributed by atoms with Gasteiger partial charge >= 0.3 is 24.3 Å². The highest BCUT2D eigenvalue weighted by Crippen LogP contribution is 2.28. The molecular formula is C24H25F6N5O5. The summed E-state index contributed by atoms with van der Waals surface area (Å²) in [6.45, 7) is 4.90. The molecule has 3 heterocycles. The monoisotopic (exact) mass is 577 g/mol. The third-order valence-corrected chi connectivity index (χ3v) is 5.27. The Morgan fingerprint density at radius 3 is 1.88 bits per heavy atom. The number of alkyl halides is 6. The standard InChI is InChI=1S/C20H23N5O.2C2HF3O2/c1-26-19-8-3-2-7-18(19)24-14-12-23(13-15-24)16-17-6-4-11-25(17)20-21-9-5-10-22-20;2*3-2(4,5)1(6)7/h2-11H,12-16H2,1H3;2*(H,6,7).